The van der Waals surface area contributed by atoms with E-state index in [9.17, 15) is 5.11 Å². The van der Waals surface area contributed by atoms with Crippen LogP contribution in [-0.2, 0) is 0 Å². The summed E-state index contributed by atoms with van der Waals surface area (Å²) < 4.78 is 0.990. The van der Waals surface area contributed by atoms with Gasteiger partial charge in [-0.1, -0.05) is 6.42 Å². The number of hydrogen-bond donors (Lipinski definition) is 1. The largest absolute Gasteiger partial charge is 0.392 e. The lowest BCUT2D eigenvalue weighted by Crippen LogP contribution is -2.12. The molecule has 1 aromatic heterocycles. The Hall–Kier alpha value is -0.410. The topological polar surface area (TPSA) is 33.1 Å². The number of aliphatic hydroxyl groups excluding tert-OH is 1. The van der Waals surface area contributed by atoms with Gasteiger partial charge in [-0.05, 0) is 40.9 Å². The van der Waals surface area contributed by atoms with Gasteiger partial charge in [0, 0.05) is 22.3 Å². The highest BCUT2D eigenvalue weighted by Gasteiger charge is 2.27. The monoisotopic (exact) mass is 241 g/mol. The number of pyridine rings is 1. The van der Waals surface area contributed by atoms with Gasteiger partial charge in [0.1, 0.15) is 0 Å². The maximum absolute atomic E-state index is 9.66. The number of halogens is 1. The van der Waals surface area contributed by atoms with Crippen molar-refractivity contribution in [1.29, 1.82) is 0 Å². The van der Waals surface area contributed by atoms with Crippen LogP contribution >= 0.6 is 15.9 Å². The summed E-state index contributed by atoms with van der Waals surface area (Å²) in [6, 6.07) is 3.97. The summed E-state index contributed by atoms with van der Waals surface area (Å²) in [7, 11) is 0. The maximum atomic E-state index is 9.66. The first-order valence-corrected chi connectivity index (χ1v) is 5.36. The van der Waals surface area contributed by atoms with Crippen molar-refractivity contribution in [3.8, 4) is 0 Å². The molecule has 2 nitrogen and oxygen atoms in total. The molecule has 0 saturated heterocycles. The summed E-state index contributed by atoms with van der Waals surface area (Å²) in [6.07, 6.45) is 4.70. The van der Waals surface area contributed by atoms with Gasteiger partial charge in [-0.3, -0.25) is 4.98 Å². The van der Waals surface area contributed by atoms with Gasteiger partial charge in [0.15, 0.2) is 0 Å². The minimum Gasteiger partial charge on any atom is -0.392 e. The molecule has 0 unspecified atom stereocenters. The van der Waals surface area contributed by atoms with Crippen LogP contribution in [0, 0.1) is 0 Å². The molecular weight excluding hydrogens is 230 g/mol. The first-order chi connectivity index (χ1) is 6.27. The van der Waals surface area contributed by atoms with Gasteiger partial charge in [0.2, 0.25) is 0 Å². The molecule has 1 aliphatic carbocycles. The summed E-state index contributed by atoms with van der Waals surface area (Å²) in [5.74, 6) is 0.257. The Morgan fingerprint density at radius 1 is 1.38 bits per heavy atom. The zero-order valence-corrected chi connectivity index (χ0v) is 8.87. The highest BCUT2D eigenvalue weighted by Crippen LogP contribution is 2.33. The zero-order valence-electron chi connectivity index (χ0n) is 7.28. The number of hydrogen-bond acceptors (Lipinski definition) is 2. The smallest absolute Gasteiger partial charge is 0.0623 e. The second kappa shape index (κ2) is 3.76. The molecule has 13 heavy (non-hydrogen) atoms. The molecule has 1 N–H and O–H groups in total. The molecule has 0 radical (unpaired) electrons. The fourth-order valence-electron chi connectivity index (χ4n) is 1.89. The van der Waals surface area contributed by atoms with E-state index in [0.717, 1.165) is 29.4 Å². The Morgan fingerprint density at radius 3 is 2.77 bits per heavy atom. The molecule has 1 fully saturated rings. The fraction of sp³-hybridized carbons (Fsp3) is 0.500. The lowest BCUT2D eigenvalue weighted by Gasteiger charge is -2.13. The molecule has 0 spiro atoms. The average Bonchev–Trinajstić information content (AvgIpc) is 2.53. The second-order valence-corrected chi connectivity index (χ2v) is 4.42. The number of aromatic nitrogens is 1. The molecule has 0 bridgehead atoms. The second-order valence-electron chi connectivity index (χ2n) is 3.51. The van der Waals surface area contributed by atoms with Crippen LogP contribution in [0.3, 0.4) is 0 Å². The zero-order chi connectivity index (χ0) is 9.26. The molecule has 2 rings (SSSR count). The summed E-state index contributed by atoms with van der Waals surface area (Å²) >= 11 is 3.34. The minimum absolute atomic E-state index is 0.186. The normalized spacial score (nSPS) is 27.8. The van der Waals surface area contributed by atoms with Crippen molar-refractivity contribution < 1.29 is 5.11 Å². The van der Waals surface area contributed by atoms with E-state index in [4.69, 9.17) is 0 Å². The minimum atomic E-state index is -0.186. The van der Waals surface area contributed by atoms with E-state index in [0.29, 0.717) is 0 Å². The quantitative estimate of drug-likeness (QED) is 0.820. The number of nitrogens with zero attached hydrogens (tertiary/aromatic N) is 1. The molecule has 1 saturated carbocycles. The van der Waals surface area contributed by atoms with Gasteiger partial charge < -0.3 is 5.11 Å². The van der Waals surface area contributed by atoms with Crippen LogP contribution in [-0.4, -0.2) is 16.2 Å². The summed E-state index contributed by atoms with van der Waals surface area (Å²) in [5.41, 5.74) is 1.02. The van der Waals surface area contributed by atoms with Crippen LogP contribution in [0.4, 0.5) is 0 Å². The Balaban J connectivity index is 2.20. The SMILES string of the molecule is O[C@@H]1CCC[C@@H]1c1ccc(Br)cn1. The lowest BCUT2D eigenvalue weighted by molar-refractivity contribution is 0.162. The maximum Gasteiger partial charge on any atom is 0.0623 e. The van der Waals surface area contributed by atoms with Crippen molar-refractivity contribution >= 4 is 15.9 Å². The van der Waals surface area contributed by atoms with Crippen LogP contribution in [0.2, 0.25) is 0 Å². The molecular formula is C10H12BrNO. The van der Waals surface area contributed by atoms with Crippen molar-refractivity contribution in [2.45, 2.75) is 31.3 Å². The van der Waals surface area contributed by atoms with Gasteiger partial charge in [0.25, 0.3) is 0 Å². The highest BCUT2D eigenvalue weighted by atomic mass is 79.9. The molecule has 0 aromatic carbocycles. The molecule has 1 aliphatic rings. The van der Waals surface area contributed by atoms with E-state index >= 15 is 0 Å². The predicted molar refractivity (Wildman–Crippen MR) is 54.5 cm³/mol. The Kier molecular flexibility index (Phi) is 2.65. The Labute approximate surface area is 86.1 Å². The summed E-state index contributed by atoms with van der Waals surface area (Å²) in [4.78, 5) is 4.30. The highest BCUT2D eigenvalue weighted by molar-refractivity contribution is 9.10. The van der Waals surface area contributed by atoms with E-state index in [-0.39, 0.29) is 12.0 Å². The van der Waals surface area contributed by atoms with E-state index in [1.807, 2.05) is 12.1 Å². The third kappa shape index (κ3) is 1.92. The van der Waals surface area contributed by atoms with Gasteiger partial charge in [-0.15, -0.1) is 0 Å². The average molecular weight is 242 g/mol. The Bertz CT molecular complexity index is 285. The standard InChI is InChI=1S/C10H12BrNO/c11-7-4-5-9(12-6-7)8-2-1-3-10(8)13/h4-6,8,10,13H,1-3H2/t8-,10-/m1/s1. The van der Waals surface area contributed by atoms with E-state index in [1.165, 1.54) is 0 Å². The van der Waals surface area contributed by atoms with Crippen LogP contribution in [0.15, 0.2) is 22.8 Å². The van der Waals surface area contributed by atoms with Gasteiger partial charge in [-0.2, -0.15) is 0 Å². The van der Waals surface area contributed by atoms with Crippen molar-refractivity contribution in [2.75, 3.05) is 0 Å². The molecule has 0 amide bonds. The van der Waals surface area contributed by atoms with Crippen LogP contribution in [0.25, 0.3) is 0 Å². The fourth-order valence-corrected chi connectivity index (χ4v) is 2.13. The third-order valence-electron chi connectivity index (χ3n) is 2.61. The third-order valence-corrected chi connectivity index (χ3v) is 3.08. The molecule has 70 valence electrons. The van der Waals surface area contributed by atoms with Gasteiger partial charge >= 0.3 is 0 Å². The first-order valence-electron chi connectivity index (χ1n) is 4.57. The van der Waals surface area contributed by atoms with Gasteiger partial charge in [0.05, 0.1) is 6.10 Å². The van der Waals surface area contributed by atoms with E-state index < -0.39 is 0 Å². The van der Waals surface area contributed by atoms with Gasteiger partial charge in [-0.25, -0.2) is 0 Å². The van der Waals surface area contributed by atoms with E-state index in [2.05, 4.69) is 20.9 Å². The van der Waals surface area contributed by atoms with Crippen molar-refractivity contribution in [2.24, 2.45) is 0 Å². The predicted octanol–water partition coefficient (Wildman–Crippen LogP) is 2.47. The van der Waals surface area contributed by atoms with Crippen LogP contribution < -0.4 is 0 Å². The van der Waals surface area contributed by atoms with Crippen molar-refractivity contribution in [1.82, 2.24) is 4.98 Å². The van der Waals surface area contributed by atoms with Crippen LogP contribution in [0.5, 0.6) is 0 Å². The van der Waals surface area contributed by atoms with Crippen molar-refractivity contribution in [3.05, 3.63) is 28.5 Å². The molecule has 2 atom stereocenters. The van der Waals surface area contributed by atoms with Crippen molar-refractivity contribution in [3.63, 3.8) is 0 Å². The molecule has 1 aromatic rings. The van der Waals surface area contributed by atoms with E-state index in [1.54, 1.807) is 6.20 Å². The number of rotatable bonds is 1. The molecule has 0 aliphatic heterocycles. The number of aliphatic hydroxyl groups is 1. The molecule has 1 heterocycles. The first kappa shape index (κ1) is 9.16. The summed E-state index contributed by atoms with van der Waals surface area (Å²) in [5, 5.41) is 9.66. The Morgan fingerprint density at radius 2 is 2.23 bits per heavy atom. The molecule has 3 heteroatoms. The lowest BCUT2D eigenvalue weighted by atomic mass is 10.0. The summed E-state index contributed by atoms with van der Waals surface area (Å²) in [6.45, 7) is 0. The van der Waals surface area contributed by atoms with Crippen LogP contribution in [0.1, 0.15) is 30.9 Å².